The molecular weight excluding hydrogens is 1010 g/mol. The zero-order chi connectivity index (χ0) is 52.1. The predicted octanol–water partition coefficient (Wildman–Crippen LogP) is -0.688. The minimum atomic E-state index is -5.94. The van der Waals surface area contributed by atoms with E-state index in [4.69, 9.17) is 15.6 Å². The highest BCUT2D eigenvalue weighted by molar-refractivity contribution is 8.13. The standard InChI is InChI=1S/C39H70N7O20P3S/c1-39(2,23-63-69(60,61)66-68(58,59)62-22-28-33(65-67(55,56)57)32(52)38(64-28)46-25-45-31-35(40)43-24-44-36(31)46)34(53)37(54)42-18-17-29(50)41-19-21-70-30(51)16-12-8-5-7-11-15-27(49)26(48)14-10-6-3-4-9-13-20-47/h24-28,32-34,38,47-49,52-53H,3-23H2,1-2H3,(H,41,50)(H,42,54)(H,58,59)(H,60,61)(H2,40,43,44)(H2,55,56,57)/p-4/t26?,27?,28-,32-,33-,34+,38-/m1/s1. The maximum absolute atomic E-state index is 12.6. The van der Waals surface area contributed by atoms with Gasteiger partial charge in [0.05, 0.1) is 39.6 Å². The highest BCUT2D eigenvalue weighted by Gasteiger charge is 2.47. The van der Waals surface area contributed by atoms with E-state index >= 15 is 0 Å². The van der Waals surface area contributed by atoms with E-state index in [1.165, 1.54) is 13.8 Å². The van der Waals surface area contributed by atoms with E-state index in [-0.39, 0.29) is 48.2 Å². The highest BCUT2D eigenvalue weighted by atomic mass is 32.2. The number of fused-ring (bicyclic) bond motifs is 1. The number of aliphatic hydroxyl groups is 5. The van der Waals surface area contributed by atoms with Crippen LogP contribution in [-0.2, 0) is 50.7 Å². The maximum atomic E-state index is 12.6. The Morgan fingerprint density at radius 2 is 1.46 bits per heavy atom. The number of nitrogens with two attached hydrogens (primary N) is 1. The number of nitrogens with one attached hydrogen (secondary N) is 2. The van der Waals surface area contributed by atoms with Gasteiger partial charge < -0.3 is 84.3 Å². The Kier molecular flexibility index (Phi) is 26.4. The number of hydrogen-bond donors (Lipinski definition) is 8. The quantitative estimate of drug-likeness (QED) is 0.0309. The highest BCUT2D eigenvalue weighted by Crippen LogP contribution is 2.56. The smallest absolute Gasteiger partial charge is 0.274 e. The topological polar surface area (TPSA) is 436 Å². The van der Waals surface area contributed by atoms with Crippen LogP contribution in [0.4, 0.5) is 5.82 Å². The molecule has 9 N–H and O–H groups in total. The number of carbonyl (C=O) groups is 3. The third-order valence-electron chi connectivity index (χ3n) is 11.0. The molecule has 2 amide bonds. The summed E-state index contributed by atoms with van der Waals surface area (Å²) in [4.78, 5) is 96.9. The van der Waals surface area contributed by atoms with Gasteiger partial charge in [-0.25, -0.2) is 19.3 Å². The fraction of sp³-hybridized carbons (Fsp3) is 0.795. The number of carbonyl (C=O) groups excluding carboxylic acids is 3. The number of imidazole rings is 1. The van der Waals surface area contributed by atoms with E-state index in [0.717, 1.165) is 93.2 Å². The number of nitrogens with zero attached hydrogens (tertiary/aromatic N) is 4. The summed E-state index contributed by atoms with van der Waals surface area (Å²) in [5.41, 5.74) is 4.05. The Morgan fingerprint density at radius 1 is 0.857 bits per heavy atom. The molecule has 402 valence electrons. The van der Waals surface area contributed by atoms with Crippen LogP contribution in [-0.4, -0.2) is 137 Å². The lowest BCUT2D eigenvalue weighted by Crippen LogP contribution is -2.46. The van der Waals surface area contributed by atoms with Crippen molar-refractivity contribution < 1.29 is 95.8 Å². The van der Waals surface area contributed by atoms with Crippen LogP contribution in [0.15, 0.2) is 12.7 Å². The molecule has 0 saturated carbocycles. The summed E-state index contributed by atoms with van der Waals surface area (Å²) < 4.78 is 60.8. The molecule has 2 aromatic rings. The largest absolute Gasteiger partial charge is 0.790 e. The Bertz CT molecular complexity index is 2090. The number of anilines is 1. The molecule has 70 heavy (non-hydrogen) atoms. The van der Waals surface area contributed by atoms with Crippen LogP contribution in [0.5, 0.6) is 0 Å². The molecule has 1 aliphatic rings. The number of ether oxygens (including phenoxy) is 1. The zero-order valence-electron chi connectivity index (χ0n) is 39.0. The fourth-order valence-corrected chi connectivity index (χ4v) is 10.5. The lowest BCUT2D eigenvalue weighted by molar-refractivity contribution is -0.347. The summed E-state index contributed by atoms with van der Waals surface area (Å²) in [7, 11) is -17.7. The molecule has 3 rings (SSSR count). The van der Waals surface area contributed by atoms with Crippen LogP contribution >= 0.6 is 35.2 Å². The van der Waals surface area contributed by atoms with Crippen LogP contribution in [0.2, 0.25) is 0 Å². The lowest BCUT2D eigenvalue weighted by Gasteiger charge is -2.36. The first kappa shape index (κ1) is 61.7. The van der Waals surface area contributed by atoms with Crippen molar-refractivity contribution in [1.82, 2.24) is 30.2 Å². The Balaban J connectivity index is 1.29. The van der Waals surface area contributed by atoms with Crippen molar-refractivity contribution in [3.8, 4) is 0 Å². The molecule has 27 nitrogen and oxygen atoms in total. The minimum Gasteiger partial charge on any atom is -0.790 e. The number of aliphatic hydroxyl groups excluding tert-OH is 5. The van der Waals surface area contributed by atoms with E-state index in [9.17, 15) is 68.1 Å². The van der Waals surface area contributed by atoms with Crippen LogP contribution in [0.25, 0.3) is 11.2 Å². The molecule has 1 aliphatic heterocycles. The Labute approximate surface area is 409 Å². The van der Waals surface area contributed by atoms with Crippen molar-refractivity contribution in [2.45, 2.75) is 153 Å². The third-order valence-corrected chi connectivity index (χ3v) is 14.9. The number of amides is 2. The summed E-state index contributed by atoms with van der Waals surface area (Å²) in [5.74, 6) is -1.27. The molecule has 9 atom stereocenters. The number of phosphoric acid groups is 3. The molecule has 4 unspecified atom stereocenters. The van der Waals surface area contributed by atoms with Crippen LogP contribution in [0.3, 0.4) is 0 Å². The van der Waals surface area contributed by atoms with Gasteiger partial charge >= 0.3 is 0 Å². The molecule has 0 spiro atoms. The molecule has 3 heterocycles. The van der Waals surface area contributed by atoms with Crippen LogP contribution in [0, 0.1) is 5.41 Å². The molecule has 1 fully saturated rings. The molecular formula is C39H66N7O20P3S-4. The maximum Gasteiger partial charge on any atom is 0.274 e. The molecule has 0 aliphatic carbocycles. The summed E-state index contributed by atoms with van der Waals surface area (Å²) >= 11 is 1.08. The average molecular weight is 1080 g/mol. The summed E-state index contributed by atoms with van der Waals surface area (Å²) in [6.45, 7) is 0.234. The summed E-state index contributed by atoms with van der Waals surface area (Å²) in [5, 5.41) is 55.6. The van der Waals surface area contributed by atoms with Crippen molar-refractivity contribution >= 4 is 69.1 Å². The van der Waals surface area contributed by atoms with Gasteiger partial charge in [0.2, 0.25) is 11.8 Å². The number of hydrogen-bond acceptors (Lipinski definition) is 25. The first-order valence-electron chi connectivity index (χ1n) is 22.8. The second-order valence-corrected chi connectivity index (χ2v) is 22.5. The lowest BCUT2D eigenvalue weighted by atomic mass is 9.87. The number of unbranched alkanes of at least 4 members (excludes halogenated alkanes) is 9. The molecule has 1 saturated heterocycles. The van der Waals surface area contributed by atoms with E-state index in [1.807, 2.05) is 0 Å². The predicted molar refractivity (Wildman–Crippen MR) is 242 cm³/mol. The normalized spacial score (nSPS) is 20.7. The second kappa shape index (κ2) is 30.0. The monoisotopic (exact) mass is 1080 g/mol. The summed E-state index contributed by atoms with van der Waals surface area (Å²) in [6.07, 6.45) is 2.15. The fourth-order valence-electron chi connectivity index (χ4n) is 7.05. The Hall–Kier alpha value is -2.56. The Morgan fingerprint density at radius 3 is 2.09 bits per heavy atom. The van der Waals surface area contributed by atoms with E-state index in [1.54, 1.807) is 0 Å². The van der Waals surface area contributed by atoms with Crippen molar-refractivity contribution in [1.29, 1.82) is 0 Å². The number of aromatic nitrogens is 4. The second-order valence-electron chi connectivity index (χ2n) is 17.3. The number of thioether (sulfide) groups is 1. The third kappa shape index (κ3) is 22.3. The molecule has 2 aromatic heterocycles. The van der Waals surface area contributed by atoms with Crippen LogP contribution < -0.4 is 35.9 Å². The average Bonchev–Trinajstić information content (AvgIpc) is 3.85. The van der Waals surface area contributed by atoms with Gasteiger partial charge in [-0.15, -0.1) is 0 Å². The molecule has 31 heteroatoms. The van der Waals surface area contributed by atoms with Crippen molar-refractivity contribution in [3.63, 3.8) is 0 Å². The first-order chi connectivity index (χ1) is 32.9. The zero-order valence-corrected chi connectivity index (χ0v) is 42.5. The van der Waals surface area contributed by atoms with Crippen LogP contribution in [0.1, 0.15) is 116 Å². The first-order valence-corrected chi connectivity index (χ1v) is 28.2. The van der Waals surface area contributed by atoms with Gasteiger partial charge in [0.15, 0.2) is 22.8 Å². The van der Waals surface area contributed by atoms with Gasteiger partial charge in [-0.2, -0.15) is 0 Å². The van der Waals surface area contributed by atoms with E-state index in [2.05, 4.69) is 43.5 Å². The number of rotatable bonds is 36. The number of phosphoric ester groups is 3. The van der Waals surface area contributed by atoms with Gasteiger partial charge in [-0.1, -0.05) is 83.4 Å². The van der Waals surface area contributed by atoms with Gasteiger partial charge in [0, 0.05) is 43.7 Å². The SMILES string of the molecule is CC(C)(COP(=O)([O-])OP(=O)([O-])OC[C@H]1O[C@@H](n2cnc3c(N)ncnc32)[C@H](O)[C@@H]1OP(=O)([O-])[O-])[C@@H](O)C(=O)NCCC(=O)NCCSC(=O)CCCCCCCC(O)C(O)CCCCCCCCO. The van der Waals surface area contributed by atoms with E-state index < -0.39 is 96.8 Å². The molecule has 0 aromatic carbocycles. The van der Waals surface area contributed by atoms with Gasteiger partial charge in [0.25, 0.3) is 15.6 Å². The van der Waals surface area contributed by atoms with Crippen molar-refractivity contribution in [2.75, 3.05) is 44.4 Å². The minimum absolute atomic E-state index is 0.0261. The molecule has 0 radical (unpaired) electrons. The molecule has 0 bridgehead atoms. The summed E-state index contributed by atoms with van der Waals surface area (Å²) in [6, 6.07) is 0. The van der Waals surface area contributed by atoms with Gasteiger partial charge in [-0.3, -0.25) is 28.1 Å². The number of nitrogen functional groups attached to an aromatic ring is 1. The van der Waals surface area contributed by atoms with Crippen molar-refractivity contribution in [3.05, 3.63) is 12.7 Å². The van der Waals surface area contributed by atoms with Gasteiger partial charge in [-0.05, 0) is 25.7 Å². The van der Waals surface area contributed by atoms with Gasteiger partial charge in [0.1, 0.15) is 36.3 Å². The van der Waals surface area contributed by atoms with E-state index in [0.29, 0.717) is 31.4 Å². The van der Waals surface area contributed by atoms with Crippen molar-refractivity contribution in [2.24, 2.45) is 5.41 Å².